The van der Waals surface area contributed by atoms with E-state index in [1.54, 1.807) is 0 Å². The van der Waals surface area contributed by atoms with Crippen LogP contribution in [0.25, 0.3) is 0 Å². The van der Waals surface area contributed by atoms with Gasteiger partial charge in [0.2, 0.25) is 5.76 Å². The zero-order chi connectivity index (χ0) is 22.8. The average molecular weight is 453 g/mol. The van der Waals surface area contributed by atoms with Crippen LogP contribution in [0.1, 0.15) is 39.2 Å². The van der Waals surface area contributed by atoms with E-state index in [1.165, 1.54) is 29.0 Å². The minimum atomic E-state index is -2.54. The van der Waals surface area contributed by atoms with E-state index in [1.807, 2.05) is 30.3 Å². The van der Waals surface area contributed by atoms with Gasteiger partial charge in [0.05, 0.1) is 18.7 Å². The van der Waals surface area contributed by atoms with Gasteiger partial charge in [-0.15, -0.1) is 0 Å². The summed E-state index contributed by atoms with van der Waals surface area (Å²) in [5.74, 6) is -2.60. The van der Waals surface area contributed by atoms with Gasteiger partial charge in [0.1, 0.15) is 5.75 Å². The molecule has 2 aromatic carbocycles. The molecule has 1 aromatic heterocycles. The summed E-state index contributed by atoms with van der Waals surface area (Å²) in [5.41, 5.74) is 4.68. The van der Waals surface area contributed by atoms with Gasteiger partial charge < -0.3 is 14.6 Å². The lowest BCUT2D eigenvalue weighted by Gasteiger charge is -2.29. The highest BCUT2D eigenvalue weighted by Crippen LogP contribution is 2.48. The van der Waals surface area contributed by atoms with Crippen LogP contribution in [0, 0.1) is 5.92 Å². The maximum absolute atomic E-state index is 13.0. The maximum Gasteiger partial charge on any atom is 0.290 e. The van der Waals surface area contributed by atoms with Crippen LogP contribution in [0.3, 0.4) is 0 Å². The molecule has 0 bridgehead atoms. The van der Waals surface area contributed by atoms with Crippen molar-refractivity contribution in [1.82, 2.24) is 15.4 Å². The Morgan fingerprint density at radius 2 is 1.94 bits per heavy atom. The Bertz CT molecular complexity index is 1120. The van der Waals surface area contributed by atoms with E-state index in [9.17, 15) is 13.6 Å². The number of benzene rings is 2. The summed E-state index contributed by atoms with van der Waals surface area (Å²) < 4.78 is 36.5. The molecule has 0 saturated heterocycles. The van der Waals surface area contributed by atoms with E-state index in [2.05, 4.69) is 27.5 Å². The molecular formula is C25H25F2N3O3. The zero-order valence-electron chi connectivity index (χ0n) is 18.1. The second-order valence-electron chi connectivity index (χ2n) is 8.74. The third-order valence-corrected chi connectivity index (χ3v) is 6.22. The minimum absolute atomic E-state index is 0.0643. The molecule has 1 aliphatic carbocycles. The maximum atomic E-state index is 13.0. The summed E-state index contributed by atoms with van der Waals surface area (Å²) in [4.78, 5) is 14.3. The number of hydrogen-bond donors (Lipinski definition) is 1. The number of rotatable bonds is 8. The first-order chi connectivity index (χ1) is 16.0. The van der Waals surface area contributed by atoms with E-state index >= 15 is 0 Å². The Kier molecular flexibility index (Phi) is 5.85. The number of aromatic nitrogens is 1. The molecule has 2 aliphatic rings. The van der Waals surface area contributed by atoms with Crippen molar-refractivity contribution in [2.24, 2.45) is 5.92 Å². The van der Waals surface area contributed by atoms with Gasteiger partial charge in [-0.1, -0.05) is 35.5 Å². The van der Waals surface area contributed by atoms with Crippen LogP contribution < -0.4 is 10.1 Å². The molecule has 1 fully saturated rings. The highest BCUT2D eigenvalue weighted by atomic mass is 19.3. The summed E-state index contributed by atoms with van der Waals surface area (Å²) in [6.45, 7) is 3.09. The largest absolute Gasteiger partial charge is 0.493 e. The van der Waals surface area contributed by atoms with Crippen LogP contribution in [0.2, 0.25) is 0 Å². The number of fused-ring (bicyclic) bond motifs is 1. The van der Waals surface area contributed by atoms with Crippen LogP contribution in [0.5, 0.6) is 5.75 Å². The Hall–Kier alpha value is -3.26. The highest BCUT2D eigenvalue weighted by Gasteiger charge is 2.57. The number of alkyl halides is 2. The zero-order valence-corrected chi connectivity index (χ0v) is 18.1. The molecule has 1 unspecified atom stereocenters. The lowest BCUT2D eigenvalue weighted by atomic mass is 9.99. The minimum Gasteiger partial charge on any atom is -0.493 e. The second kappa shape index (κ2) is 8.94. The molecule has 1 N–H and O–H groups in total. The number of nitrogens with one attached hydrogen (secondary N) is 1. The van der Waals surface area contributed by atoms with Crippen molar-refractivity contribution in [3.63, 3.8) is 0 Å². The predicted octanol–water partition coefficient (Wildman–Crippen LogP) is 4.20. The molecule has 8 heteroatoms. The van der Waals surface area contributed by atoms with Crippen LogP contribution in [0.15, 0.2) is 59.3 Å². The van der Waals surface area contributed by atoms with E-state index in [-0.39, 0.29) is 24.7 Å². The number of amides is 1. The molecule has 33 heavy (non-hydrogen) atoms. The third kappa shape index (κ3) is 5.22. The van der Waals surface area contributed by atoms with Gasteiger partial charge >= 0.3 is 0 Å². The number of nitrogens with zero attached hydrogens (tertiary/aromatic N) is 2. The smallest absolute Gasteiger partial charge is 0.290 e. The molecule has 6 nitrogen and oxygen atoms in total. The van der Waals surface area contributed by atoms with Crippen molar-refractivity contribution in [3.8, 4) is 5.75 Å². The number of halogens is 2. The Morgan fingerprint density at radius 3 is 2.67 bits per heavy atom. The molecule has 5 rings (SSSR count). The van der Waals surface area contributed by atoms with Crippen LogP contribution in [-0.2, 0) is 26.1 Å². The molecule has 3 aromatic rings. The summed E-state index contributed by atoms with van der Waals surface area (Å²) in [5, 5.41) is 6.34. The third-order valence-electron chi connectivity index (χ3n) is 6.22. The lowest BCUT2D eigenvalue weighted by molar-refractivity contribution is 0.0855. The van der Waals surface area contributed by atoms with Crippen LogP contribution >= 0.6 is 0 Å². The van der Waals surface area contributed by atoms with E-state index in [4.69, 9.17) is 9.26 Å². The number of ether oxygens (including phenoxy) is 1. The van der Waals surface area contributed by atoms with Crippen LogP contribution in [-0.4, -0.2) is 35.0 Å². The van der Waals surface area contributed by atoms with Gasteiger partial charge in [-0.05, 0) is 40.8 Å². The predicted molar refractivity (Wildman–Crippen MR) is 117 cm³/mol. The number of carbonyl (C=O) groups excluding carboxylic acids is 1. The SMILES string of the molecule is O=C(NCc1ccc(CN2CCc3cc(OCC4CC4(F)F)ccc3C2)cc1)c1ccno1. The molecule has 2 heterocycles. The van der Waals surface area contributed by atoms with Crippen molar-refractivity contribution < 1.29 is 22.8 Å². The fraction of sp³-hybridized carbons (Fsp3) is 0.360. The first kappa shape index (κ1) is 21.6. The average Bonchev–Trinajstić information content (AvgIpc) is 3.17. The second-order valence-corrected chi connectivity index (χ2v) is 8.74. The first-order valence-electron chi connectivity index (χ1n) is 11.1. The number of carbonyl (C=O) groups is 1. The van der Waals surface area contributed by atoms with Crippen molar-refractivity contribution in [2.45, 2.75) is 38.4 Å². The van der Waals surface area contributed by atoms with Gasteiger partial charge in [0.15, 0.2) is 0 Å². The summed E-state index contributed by atoms with van der Waals surface area (Å²) in [6.07, 6.45) is 2.27. The first-order valence-corrected chi connectivity index (χ1v) is 11.1. The molecule has 172 valence electrons. The molecule has 1 saturated carbocycles. The van der Waals surface area contributed by atoms with Crippen molar-refractivity contribution in [2.75, 3.05) is 13.2 Å². The van der Waals surface area contributed by atoms with Gasteiger partial charge in [-0.3, -0.25) is 9.69 Å². The fourth-order valence-electron chi connectivity index (χ4n) is 4.08. The summed E-state index contributed by atoms with van der Waals surface area (Å²) in [6, 6.07) is 15.6. The monoisotopic (exact) mass is 453 g/mol. The molecule has 0 radical (unpaired) electrons. The lowest BCUT2D eigenvalue weighted by Crippen LogP contribution is -2.30. The number of hydrogen-bond acceptors (Lipinski definition) is 5. The van der Waals surface area contributed by atoms with Gasteiger partial charge in [-0.2, -0.15) is 0 Å². The van der Waals surface area contributed by atoms with Crippen LogP contribution in [0.4, 0.5) is 8.78 Å². The Morgan fingerprint density at radius 1 is 1.15 bits per heavy atom. The Balaban J connectivity index is 1.11. The van der Waals surface area contributed by atoms with Crippen molar-refractivity contribution in [3.05, 3.63) is 82.7 Å². The van der Waals surface area contributed by atoms with Gasteiger partial charge in [0, 0.05) is 38.7 Å². The standard InChI is InChI=1S/C25H25F2N3O3/c26-25(27)12-21(25)16-32-22-6-5-20-15-30(10-8-19(20)11-22)14-18-3-1-17(2-4-18)13-28-24(31)23-7-9-29-33-23/h1-7,9,11,21H,8,10,12-16H2,(H,28,31). The van der Waals surface area contributed by atoms with E-state index in [0.717, 1.165) is 31.6 Å². The summed E-state index contributed by atoms with van der Waals surface area (Å²) >= 11 is 0. The van der Waals surface area contributed by atoms with Gasteiger partial charge in [0.25, 0.3) is 11.8 Å². The molecule has 1 aliphatic heterocycles. The fourth-order valence-corrected chi connectivity index (χ4v) is 4.08. The van der Waals surface area contributed by atoms with E-state index < -0.39 is 11.8 Å². The molecule has 1 atom stereocenters. The highest BCUT2D eigenvalue weighted by molar-refractivity contribution is 5.91. The van der Waals surface area contributed by atoms with Crippen molar-refractivity contribution in [1.29, 1.82) is 0 Å². The normalized spacial score (nSPS) is 19.0. The topological polar surface area (TPSA) is 67.6 Å². The Labute approximate surface area is 190 Å². The van der Waals surface area contributed by atoms with E-state index in [0.29, 0.717) is 12.3 Å². The molecule has 1 amide bonds. The quantitative estimate of drug-likeness (QED) is 0.554. The molecular weight excluding hydrogens is 428 g/mol. The molecule has 0 spiro atoms. The van der Waals surface area contributed by atoms with Crippen molar-refractivity contribution >= 4 is 5.91 Å². The summed E-state index contributed by atoms with van der Waals surface area (Å²) in [7, 11) is 0. The van der Waals surface area contributed by atoms with Gasteiger partial charge in [-0.25, -0.2) is 8.78 Å².